The van der Waals surface area contributed by atoms with E-state index >= 15 is 0 Å². The number of likely N-dealkylation sites (tertiary alicyclic amines) is 1. The molecule has 0 bridgehead atoms. The summed E-state index contributed by atoms with van der Waals surface area (Å²) >= 11 is 0. The van der Waals surface area contributed by atoms with Crippen molar-refractivity contribution in [2.24, 2.45) is 0 Å². The van der Waals surface area contributed by atoms with Crippen LogP contribution >= 0.6 is 0 Å². The highest BCUT2D eigenvalue weighted by Crippen LogP contribution is 2.15. The lowest BCUT2D eigenvalue weighted by molar-refractivity contribution is 0.0375. The third kappa shape index (κ3) is 3.89. The predicted octanol–water partition coefficient (Wildman–Crippen LogP) is 1.76. The highest BCUT2D eigenvalue weighted by Gasteiger charge is 2.18. The van der Waals surface area contributed by atoms with E-state index in [1.807, 2.05) is 24.3 Å². The number of nitrogen functional groups attached to an aromatic ring is 1. The number of rotatable bonds is 5. The molecule has 18 heavy (non-hydrogen) atoms. The highest BCUT2D eigenvalue weighted by atomic mass is 16.5. The first-order chi connectivity index (χ1) is 8.78. The molecule has 1 aromatic rings. The monoisotopic (exact) mass is 250 g/mol. The lowest BCUT2D eigenvalue weighted by Gasteiger charge is -2.30. The summed E-state index contributed by atoms with van der Waals surface area (Å²) < 4.78 is 11.0. The molecule has 2 rings (SSSR count). The summed E-state index contributed by atoms with van der Waals surface area (Å²) in [5, 5.41) is 0. The van der Waals surface area contributed by atoms with Crippen LogP contribution in [0.15, 0.2) is 24.3 Å². The van der Waals surface area contributed by atoms with Crippen LogP contribution in [0.25, 0.3) is 0 Å². The number of piperidine rings is 1. The van der Waals surface area contributed by atoms with E-state index in [0.717, 1.165) is 43.9 Å². The molecule has 0 radical (unpaired) electrons. The average molecular weight is 250 g/mol. The van der Waals surface area contributed by atoms with Crippen molar-refractivity contribution >= 4 is 5.69 Å². The quantitative estimate of drug-likeness (QED) is 0.809. The van der Waals surface area contributed by atoms with Gasteiger partial charge in [0.25, 0.3) is 0 Å². The van der Waals surface area contributed by atoms with Gasteiger partial charge in [-0.25, -0.2) is 0 Å². The van der Waals surface area contributed by atoms with Crippen molar-refractivity contribution in [3.05, 3.63) is 24.3 Å². The fraction of sp³-hybridized carbons (Fsp3) is 0.571. The number of nitrogens with zero attached hydrogens (tertiary/aromatic N) is 1. The van der Waals surface area contributed by atoms with E-state index in [1.165, 1.54) is 0 Å². The number of hydrogen-bond acceptors (Lipinski definition) is 4. The summed E-state index contributed by atoms with van der Waals surface area (Å²) in [5.41, 5.74) is 6.44. The van der Waals surface area contributed by atoms with Crippen LogP contribution in [0.4, 0.5) is 5.69 Å². The van der Waals surface area contributed by atoms with Crippen molar-refractivity contribution < 1.29 is 9.47 Å². The second-order valence-corrected chi connectivity index (χ2v) is 4.70. The van der Waals surface area contributed by atoms with E-state index in [1.54, 1.807) is 7.11 Å². The largest absolute Gasteiger partial charge is 0.492 e. The molecule has 1 fully saturated rings. The zero-order chi connectivity index (χ0) is 12.8. The molecule has 100 valence electrons. The maximum Gasteiger partial charge on any atom is 0.121 e. The Hall–Kier alpha value is -1.26. The highest BCUT2D eigenvalue weighted by molar-refractivity contribution is 5.43. The Bertz CT molecular complexity index is 363. The van der Waals surface area contributed by atoms with E-state index in [2.05, 4.69) is 4.90 Å². The van der Waals surface area contributed by atoms with Gasteiger partial charge >= 0.3 is 0 Å². The summed E-state index contributed by atoms with van der Waals surface area (Å²) in [4.78, 5) is 2.42. The van der Waals surface area contributed by atoms with Crippen LogP contribution in [0.2, 0.25) is 0 Å². The maximum atomic E-state index is 5.70. The molecule has 4 nitrogen and oxygen atoms in total. The molecule has 0 amide bonds. The molecule has 2 N–H and O–H groups in total. The molecule has 1 aromatic carbocycles. The number of methoxy groups -OCH3 is 1. The van der Waals surface area contributed by atoms with Crippen molar-refractivity contribution in [3.63, 3.8) is 0 Å². The number of ether oxygens (including phenoxy) is 2. The Kier molecular flexibility index (Phi) is 4.84. The lowest BCUT2D eigenvalue weighted by Crippen LogP contribution is -2.38. The van der Waals surface area contributed by atoms with Gasteiger partial charge in [-0.2, -0.15) is 0 Å². The van der Waals surface area contributed by atoms with Gasteiger partial charge in [-0.3, -0.25) is 4.90 Å². The molecule has 4 heteroatoms. The van der Waals surface area contributed by atoms with Crippen molar-refractivity contribution in [2.75, 3.05) is 39.1 Å². The third-order valence-corrected chi connectivity index (χ3v) is 3.40. The van der Waals surface area contributed by atoms with E-state index in [4.69, 9.17) is 15.2 Å². The molecule has 0 atom stereocenters. The van der Waals surface area contributed by atoms with Crippen LogP contribution in [0.3, 0.4) is 0 Å². The SMILES string of the molecule is COC1CCN(CCOc2cccc(N)c2)CC1. The van der Waals surface area contributed by atoms with E-state index < -0.39 is 0 Å². The van der Waals surface area contributed by atoms with Crippen molar-refractivity contribution in [1.29, 1.82) is 0 Å². The minimum absolute atomic E-state index is 0.441. The van der Waals surface area contributed by atoms with E-state index in [0.29, 0.717) is 12.7 Å². The summed E-state index contributed by atoms with van der Waals surface area (Å²) in [6.07, 6.45) is 2.68. The first-order valence-electron chi connectivity index (χ1n) is 6.51. The second kappa shape index (κ2) is 6.61. The molecule has 0 unspecified atom stereocenters. The van der Waals surface area contributed by atoms with Gasteiger partial charge in [-0.1, -0.05) is 6.07 Å². The van der Waals surface area contributed by atoms with Gasteiger partial charge in [-0.05, 0) is 25.0 Å². The van der Waals surface area contributed by atoms with Gasteiger partial charge in [0, 0.05) is 38.5 Å². The number of anilines is 1. The normalized spacial score (nSPS) is 17.8. The smallest absolute Gasteiger partial charge is 0.121 e. The predicted molar refractivity (Wildman–Crippen MR) is 72.8 cm³/mol. The molecule has 0 saturated carbocycles. The molecule has 1 aliphatic rings. The first kappa shape index (κ1) is 13.2. The zero-order valence-corrected chi connectivity index (χ0v) is 11.0. The minimum atomic E-state index is 0.441. The second-order valence-electron chi connectivity index (χ2n) is 4.70. The Labute approximate surface area is 109 Å². The zero-order valence-electron chi connectivity index (χ0n) is 11.0. The van der Waals surface area contributed by atoms with Gasteiger partial charge in [-0.15, -0.1) is 0 Å². The summed E-state index contributed by atoms with van der Waals surface area (Å²) in [6, 6.07) is 7.57. The van der Waals surface area contributed by atoms with Crippen molar-refractivity contribution in [2.45, 2.75) is 18.9 Å². The molecule has 0 aromatic heterocycles. The van der Waals surface area contributed by atoms with Gasteiger partial charge < -0.3 is 15.2 Å². The van der Waals surface area contributed by atoms with Crippen LogP contribution in [-0.4, -0.2) is 44.4 Å². The van der Waals surface area contributed by atoms with Gasteiger partial charge in [0.05, 0.1) is 6.10 Å². The summed E-state index contributed by atoms with van der Waals surface area (Å²) in [7, 11) is 1.79. The summed E-state index contributed by atoms with van der Waals surface area (Å²) in [6.45, 7) is 3.87. The number of benzene rings is 1. The van der Waals surface area contributed by atoms with Gasteiger partial charge in [0.1, 0.15) is 12.4 Å². The standard InChI is InChI=1S/C14H22N2O2/c1-17-13-5-7-16(8-6-13)9-10-18-14-4-2-3-12(15)11-14/h2-4,11,13H,5-10,15H2,1H3. The average Bonchev–Trinajstić information content (AvgIpc) is 2.40. The Morgan fingerprint density at radius 2 is 2.11 bits per heavy atom. The van der Waals surface area contributed by atoms with Crippen LogP contribution < -0.4 is 10.5 Å². The number of hydrogen-bond donors (Lipinski definition) is 1. The number of nitrogens with two attached hydrogens (primary N) is 1. The van der Waals surface area contributed by atoms with Crippen LogP contribution in [0.5, 0.6) is 5.75 Å². The van der Waals surface area contributed by atoms with E-state index in [9.17, 15) is 0 Å². The fourth-order valence-electron chi connectivity index (χ4n) is 2.27. The molecule has 0 aliphatic carbocycles. The van der Waals surface area contributed by atoms with Crippen LogP contribution in [0.1, 0.15) is 12.8 Å². The molecule has 1 heterocycles. The molecular formula is C14H22N2O2. The fourth-order valence-corrected chi connectivity index (χ4v) is 2.27. The Balaban J connectivity index is 1.67. The van der Waals surface area contributed by atoms with Gasteiger partial charge in [0.2, 0.25) is 0 Å². The Morgan fingerprint density at radius 1 is 1.33 bits per heavy atom. The van der Waals surface area contributed by atoms with Crippen molar-refractivity contribution in [3.8, 4) is 5.75 Å². The van der Waals surface area contributed by atoms with Crippen LogP contribution in [0, 0.1) is 0 Å². The lowest BCUT2D eigenvalue weighted by atomic mass is 10.1. The third-order valence-electron chi connectivity index (χ3n) is 3.40. The van der Waals surface area contributed by atoms with Gasteiger partial charge in [0.15, 0.2) is 0 Å². The van der Waals surface area contributed by atoms with Crippen molar-refractivity contribution in [1.82, 2.24) is 4.90 Å². The first-order valence-corrected chi connectivity index (χ1v) is 6.51. The summed E-state index contributed by atoms with van der Waals surface area (Å²) in [5.74, 6) is 0.849. The minimum Gasteiger partial charge on any atom is -0.492 e. The molecule has 1 saturated heterocycles. The molecule has 1 aliphatic heterocycles. The molecular weight excluding hydrogens is 228 g/mol. The van der Waals surface area contributed by atoms with Crippen LogP contribution in [-0.2, 0) is 4.74 Å². The Morgan fingerprint density at radius 3 is 2.78 bits per heavy atom. The molecule has 0 spiro atoms. The van der Waals surface area contributed by atoms with E-state index in [-0.39, 0.29) is 0 Å². The topological polar surface area (TPSA) is 47.7 Å². The maximum absolute atomic E-state index is 5.70.